The van der Waals surface area contributed by atoms with Gasteiger partial charge >= 0.3 is 5.97 Å². The lowest BCUT2D eigenvalue weighted by Crippen LogP contribution is -2.46. The molecule has 1 aromatic carbocycles. The van der Waals surface area contributed by atoms with Crippen molar-refractivity contribution in [2.24, 2.45) is 5.41 Å². The Morgan fingerprint density at radius 3 is 2.57 bits per heavy atom. The van der Waals surface area contributed by atoms with E-state index in [1.54, 1.807) is 18.2 Å². The number of hydrogen-bond acceptors (Lipinski definition) is 3. The minimum absolute atomic E-state index is 0.120. The molecule has 0 aromatic heterocycles. The van der Waals surface area contributed by atoms with Crippen LogP contribution >= 0.6 is 11.6 Å². The Hall–Kier alpha value is -1.59. The molecule has 21 heavy (non-hydrogen) atoms. The van der Waals surface area contributed by atoms with E-state index in [2.05, 4.69) is 5.32 Å². The van der Waals surface area contributed by atoms with Crippen LogP contribution in [0.25, 0.3) is 0 Å². The maximum Gasteiger partial charge on any atom is 0.311 e. The summed E-state index contributed by atoms with van der Waals surface area (Å²) in [5.41, 5.74) is -0.193. The summed E-state index contributed by atoms with van der Waals surface area (Å²) in [4.78, 5) is 23.5. The number of aliphatic carboxylic acids is 1. The zero-order chi connectivity index (χ0) is 15.3. The van der Waals surface area contributed by atoms with Crippen LogP contribution in [-0.4, -0.2) is 36.7 Å². The second kappa shape index (κ2) is 6.91. The molecule has 1 heterocycles. The minimum atomic E-state index is -0.922. The number of benzene rings is 1. The van der Waals surface area contributed by atoms with Crippen LogP contribution in [0.2, 0.25) is 5.02 Å². The molecule has 0 spiro atoms. The quantitative estimate of drug-likeness (QED) is 0.870. The number of ether oxygens (including phenoxy) is 1. The van der Waals surface area contributed by atoms with Gasteiger partial charge in [0.15, 0.2) is 0 Å². The molecule has 1 aliphatic heterocycles. The molecule has 114 valence electrons. The van der Waals surface area contributed by atoms with E-state index in [0.717, 1.165) is 5.56 Å². The summed E-state index contributed by atoms with van der Waals surface area (Å²) in [6.45, 7) is 0.939. The van der Waals surface area contributed by atoms with E-state index in [9.17, 15) is 14.7 Å². The Labute approximate surface area is 128 Å². The summed E-state index contributed by atoms with van der Waals surface area (Å²) in [5, 5.41) is 12.7. The lowest BCUT2D eigenvalue weighted by molar-refractivity contribution is -0.154. The first-order chi connectivity index (χ1) is 10.0. The van der Waals surface area contributed by atoms with Crippen molar-refractivity contribution in [3.05, 3.63) is 34.9 Å². The number of rotatable bonds is 5. The van der Waals surface area contributed by atoms with Gasteiger partial charge < -0.3 is 15.2 Å². The highest BCUT2D eigenvalue weighted by Crippen LogP contribution is 2.30. The Balaban J connectivity index is 1.93. The van der Waals surface area contributed by atoms with E-state index >= 15 is 0 Å². The number of nitrogens with one attached hydrogen (secondary N) is 1. The Bertz CT molecular complexity index is 526. The number of carboxylic acid groups (broad SMARTS) is 1. The standard InChI is InChI=1S/C15H18ClNO4/c16-12-4-2-1-3-11(12)9-13(18)17-10-15(14(19)20)5-7-21-8-6-15/h1-4H,5-10H2,(H,17,18)(H,19,20). The van der Waals surface area contributed by atoms with Crippen molar-refractivity contribution >= 4 is 23.5 Å². The molecule has 0 unspecified atom stereocenters. The van der Waals surface area contributed by atoms with Gasteiger partial charge in [-0.25, -0.2) is 0 Å². The second-order valence-electron chi connectivity index (χ2n) is 5.24. The normalized spacial score (nSPS) is 17.2. The van der Waals surface area contributed by atoms with Crippen LogP contribution in [0, 0.1) is 5.41 Å². The van der Waals surface area contributed by atoms with Crippen molar-refractivity contribution in [1.82, 2.24) is 5.32 Å². The van der Waals surface area contributed by atoms with Gasteiger partial charge in [0, 0.05) is 24.8 Å². The van der Waals surface area contributed by atoms with E-state index in [1.165, 1.54) is 0 Å². The second-order valence-corrected chi connectivity index (χ2v) is 5.65. The van der Waals surface area contributed by atoms with Gasteiger partial charge in [-0.15, -0.1) is 0 Å². The average molecular weight is 312 g/mol. The molecule has 5 nitrogen and oxygen atoms in total. The van der Waals surface area contributed by atoms with E-state index < -0.39 is 11.4 Å². The molecule has 0 saturated carbocycles. The monoisotopic (exact) mass is 311 g/mol. The van der Waals surface area contributed by atoms with E-state index in [-0.39, 0.29) is 18.9 Å². The topological polar surface area (TPSA) is 75.6 Å². The molecule has 1 aliphatic rings. The van der Waals surface area contributed by atoms with Gasteiger partial charge in [0.2, 0.25) is 5.91 Å². The molecule has 2 N–H and O–H groups in total. The largest absolute Gasteiger partial charge is 0.481 e. The predicted molar refractivity (Wildman–Crippen MR) is 78.3 cm³/mol. The third-order valence-electron chi connectivity index (χ3n) is 3.84. The SMILES string of the molecule is O=C(Cc1ccccc1Cl)NCC1(C(=O)O)CCOCC1. The van der Waals surface area contributed by atoms with Crippen molar-refractivity contribution in [3.8, 4) is 0 Å². The van der Waals surface area contributed by atoms with Gasteiger partial charge in [-0.3, -0.25) is 9.59 Å². The Morgan fingerprint density at radius 2 is 1.95 bits per heavy atom. The number of carbonyl (C=O) groups is 2. The molecule has 1 amide bonds. The van der Waals surface area contributed by atoms with Gasteiger partial charge in [-0.05, 0) is 24.5 Å². The number of hydrogen-bond donors (Lipinski definition) is 2. The first-order valence-corrected chi connectivity index (χ1v) is 7.22. The van der Waals surface area contributed by atoms with Crippen LogP contribution in [0.15, 0.2) is 24.3 Å². The molecular weight excluding hydrogens is 294 g/mol. The van der Waals surface area contributed by atoms with Gasteiger partial charge in [0.05, 0.1) is 11.8 Å². The Morgan fingerprint density at radius 1 is 1.29 bits per heavy atom. The fourth-order valence-corrected chi connectivity index (χ4v) is 2.58. The van der Waals surface area contributed by atoms with Gasteiger partial charge in [-0.2, -0.15) is 0 Å². The van der Waals surface area contributed by atoms with E-state index in [4.69, 9.17) is 16.3 Å². The molecule has 0 aliphatic carbocycles. The van der Waals surface area contributed by atoms with E-state index in [0.29, 0.717) is 31.1 Å². The lowest BCUT2D eigenvalue weighted by atomic mass is 9.80. The highest BCUT2D eigenvalue weighted by molar-refractivity contribution is 6.31. The van der Waals surface area contributed by atoms with Crippen molar-refractivity contribution in [1.29, 1.82) is 0 Å². The number of amides is 1. The first kappa shape index (κ1) is 15.8. The molecule has 0 bridgehead atoms. The van der Waals surface area contributed by atoms with Gasteiger partial charge in [-0.1, -0.05) is 29.8 Å². The van der Waals surface area contributed by atoms with Crippen LogP contribution in [-0.2, 0) is 20.7 Å². The molecule has 2 rings (SSSR count). The maximum absolute atomic E-state index is 12.0. The maximum atomic E-state index is 12.0. The summed E-state index contributed by atoms with van der Waals surface area (Å²) in [6, 6.07) is 7.11. The van der Waals surface area contributed by atoms with Crippen molar-refractivity contribution < 1.29 is 19.4 Å². The number of carbonyl (C=O) groups excluding carboxylic acids is 1. The average Bonchev–Trinajstić information content (AvgIpc) is 2.48. The summed E-state index contributed by atoms with van der Waals surface area (Å²) >= 11 is 6.00. The smallest absolute Gasteiger partial charge is 0.311 e. The minimum Gasteiger partial charge on any atom is -0.481 e. The predicted octanol–water partition coefficient (Wildman–Crippen LogP) is 1.88. The molecular formula is C15H18ClNO4. The first-order valence-electron chi connectivity index (χ1n) is 6.85. The lowest BCUT2D eigenvalue weighted by Gasteiger charge is -2.33. The fourth-order valence-electron chi connectivity index (χ4n) is 2.37. The number of carboxylic acids is 1. The molecule has 6 heteroatoms. The van der Waals surface area contributed by atoms with Crippen LogP contribution in [0.5, 0.6) is 0 Å². The molecule has 0 radical (unpaired) electrons. The molecule has 1 aromatic rings. The fraction of sp³-hybridized carbons (Fsp3) is 0.467. The van der Waals surface area contributed by atoms with Crippen LogP contribution in [0.3, 0.4) is 0 Å². The molecule has 0 atom stereocenters. The zero-order valence-corrected chi connectivity index (χ0v) is 12.4. The third kappa shape index (κ3) is 3.95. The van der Waals surface area contributed by atoms with Gasteiger partial charge in [0.25, 0.3) is 0 Å². The van der Waals surface area contributed by atoms with Crippen LogP contribution < -0.4 is 5.32 Å². The molecule has 1 fully saturated rings. The zero-order valence-electron chi connectivity index (χ0n) is 11.6. The van der Waals surface area contributed by atoms with Crippen molar-refractivity contribution in [2.75, 3.05) is 19.8 Å². The van der Waals surface area contributed by atoms with Crippen LogP contribution in [0.4, 0.5) is 0 Å². The van der Waals surface area contributed by atoms with Crippen LogP contribution in [0.1, 0.15) is 18.4 Å². The highest BCUT2D eigenvalue weighted by atomic mass is 35.5. The van der Waals surface area contributed by atoms with Gasteiger partial charge in [0.1, 0.15) is 0 Å². The summed E-state index contributed by atoms with van der Waals surface area (Å²) in [6.07, 6.45) is 0.968. The summed E-state index contributed by atoms with van der Waals surface area (Å²) in [7, 11) is 0. The van der Waals surface area contributed by atoms with E-state index in [1.807, 2.05) is 6.07 Å². The third-order valence-corrected chi connectivity index (χ3v) is 4.21. The number of halogens is 1. The van der Waals surface area contributed by atoms with Crippen molar-refractivity contribution in [2.45, 2.75) is 19.3 Å². The Kier molecular flexibility index (Phi) is 5.20. The molecule has 1 saturated heterocycles. The summed E-state index contributed by atoms with van der Waals surface area (Å²) < 4.78 is 5.20. The summed E-state index contributed by atoms with van der Waals surface area (Å²) in [5.74, 6) is -1.11. The van der Waals surface area contributed by atoms with Crippen molar-refractivity contribution in [3.63, 3.8) is 0 Å². The highest BCUT2D eigenvalue weighted by Gasteiger charge is 2.40.